The summed E-state index contributed by atoms with van der Waals surface area (Å²) in [5, 5.41) is 0.775. The molecule has 3 aromatic rings. The minimum Gasteiger partial charge on any atom is -0.463 e. The smallest absolute Gasteiger partial charge is 0.338 e. The van der Waals surface area contributed by atoms with Crippen molar-refractivity contribution < 1.29 is 9.53 Å². The number of nitrogens with zero attached hydrogens (tertiary/aromatic N) is 3. The fourth-order valence-corrected chi connectivity index (χ4v) is 5.23. The van der Waals surface area contributed by atoms with Gasteiger partial charge in [-0.25, -0.2) is 9.79 Å². The highest BCUT2D eigenvalue weighted by Crippen LogP contribution is 2.32. The number of halogens is 2. The Hall–Kier alpha value is -2.87. The minimum atomic E-state index is -0.663. The van der Waals surface area contributed by atoms with Crippen LogP contribution in [0.15, 0.2) is 63.5 Å². The Kier molecular flexibility index (Phi) is 6.98. The van der Waals surface area contributed by atoms with Crippen LogP contribution in [0.5, 0.6) is 0 Å². The van der Waals surface area contributed by atoms with Crippen molar-refractivity contribution in [2.45, 2.75) is 19.9 Å². The number of carbonyl (C=O) groups excluding carboxylic acids is 1. The molecule has 0 amide bonds. The van der Waals surface area contributed by atoms with Crippen LogP contribution in [0.3, 0.4) is 0 Å². The summed E-state index contributed by atoms with van der Waals surface area (Å²) >= 11 is 13.7. The van der Waals surface area contributed by atoms with Crippen molar-refractivity contribution in [1.29, 1.82) is 0 Å². The molecule has 176 valence electrons. The molecule has 0 radical (unpaired) electrons. The lowest BCUT2D eigenvalue weighted by Crippen LogP contribution is -2.40. The van der Waals surface area contributed by atoms with Crippen LogP contribution in [-0.2, 0) is 9.53 Å². The molecule has 0 aliphatic carbocycles. The van der Waals surface area contributed by atoms with E-state index in [-0.39, 0.29) is 12.2 Å². The lowest BCUT2D eigenvalue weighted by Gasteiger charge is -2.25. The van der Waals surface area contributed by atoms with E-state index in [1.54, 1.807) is 42.7 Å². The maximum absolute atomic E-state index is 13.6. The van der Waals surface area contributed by atoms with Crippen molar-refractivity contribution in [3.63, 3.8) is 0 Å². The first kappa shape index (κ1) is 24.3. The van der Waals surface area contributed by atoms with Crippen LogP contribution in [-0.4, -0.2) is 31.2 Å². The first-order valence-corrected chi connectivity index (χ1v) is 12.2. The molecule has 2 heterocycles. The molecule has 0 fully saturated rings. The molecule has 2 aromatic carbocycles. The Morgan fingerprint density at radius 2 is 1.91 bits per heavy atom. The molecule has 0 saturated carbocycles. The van der Waals surface area contributed by atoms with E-state index in [4.69, 9.17) is 27.9 Å². The largest absolute Gasteiger partial charge is 0.463 e. The Morgan fingerprint density at radius 1 is 1.21 bits per heavy atom. The number of allylic oxidation sites excluding steroid dienone is 1. The maximum Gasteiger partial charge on any atom is 0.338 e. The van der Waals surface area contributed by atoms with Gasteiger partial charge in [0.2, 0.25) is 0 Å². The Morgan fingerprint density at radius 3 is 2.56 bits per heavy atom. The molecule has 0 N–H and O–H groups in total. The van der Waals surface area contributed by atoms with Crippen LogP contribution < -0.4 is 19.8 Å². The number of ether oxygens (including phenoxy) is 1. The van der Waals surface area contributed by atoms with Crippen molar-refractivity contribution in [1.82, 2.24) is 4.57 Å². The molecule has 34 heavy (non-hydrogen) atoms. The summed E-state index contributed by atoms with van der Waals surface area (Å²) in [6.45, 7) is 3.73. The van der Waals surface area contributed by atoms with Crippen LogP contribution >= 0.6 is 34.5 Å². The third kappa shape index (κ3) is 4.43. The Bertz CT molecular complexity index is 1470. The predicted molar refractivity (Wildman–Crippen MR) is 138 cm³/mol. The lowest BCUT2D eigenvalue weighted by molar-refractivity contribution is -0.139. The molecule has 1 aliphatic rings. The number of thiazole rings is 1. The number of carbonyl (C=O) groups is 1. The summed E-state index contributed by atoms with van der Waals surface area (Å²) in [4.78, 5) is 33.7. The van der Waals surface area contributed by atoms with Crippen molar-refractivity contribution in [3.8, 4) is 0 Å². The zero-order valence-electron chi connectivity index (χ0n) is 19.1. The molecule has 0 bridgehead atoms. The highest BCUT2D eigenvalue weighted by atomic mass is 35.5. The molecular formula is C25H23Cl2N3O3S. The number of anilines is 1. The van der Waals surface area contributed by atoms with E-state index in [0.717, 1.165) is 11.3 Å². The molecule has 1 aromatic heterocycles. The van der Waals surface area contributed by atoms with Crippen LogP contribution in [0.25, 0.3) is 6.08 Å². The zero-order valence-corrected chi connectivity index (χ0v) is 21.5. The van der Waals surface area contributed by atoms with Gasteiger partial charge in [-0.1, -0.05) is 58.8 Å². The SMILES string of the molecule is CCOC(=O)C1=C(C)N=c2sc(=Cc3cccc(Cl)c3Cl)c(=O)n2C1c1ccc(N(C)C)cc1. The van der Waals surface area contributed by atoms with E-state index in [1.165, 1.54) is 11.3 Å². The topological polar surface area (TPSA) is 63.9 Å². The number of fused-ring (bicyclic) bond motifs is 1. The van der Waals surface area contributed by atoms with E-state index < -0.39 is 12.0 Å². The number of aromatic nitrogens is 1. The molecule has 1 unspecified atom stereocenters. The normalized spacial score (nSPS) is 15.7. The highest BCUT2D eigenvalue weighted by Gasteiger charge is 2.33. The highest BCUT2D eigenvalue weighted by molar-refractivity contribution is 7.07. The molecular weight excluding hydrogens is 493 g/mol. The Labute approximate surface area is 211 Å². The van der Waals surface area contributed by atoms with E-state index in [9.17, 15) is 9.59 Å². The summed E-state index contributed by atoms with van der Waals surface area (Å²) < 4.78 is 7.33. The van der Waals surface area contributed by atoms with Gasteiger partial charge in [0, 0.05) is 19.8 Å². The number of rotatable bonds is 5. The number of esters is 1. The first-order chi connectivity index (χ1) is 16.2. The molecule has 9 heteroatoms. The molecule has 0 spiro atoms. The van der Waals surface area contributed by atoms with Gasteiger partial charge in [0.05, 0.1) is 38.5 Å². The fraction of sp³-hybridized carbons (Fsp3) is 0.240. The maximum atomic E-state index is 13.6. The second-order valence-corrected chi connectivity index (χ2v) is 9.73. The van der Waals surface area contributed by atoms with Gasteiger partial charge in [-0.2, -0.15) is 0 Å². The van der Waals surface area contributed by atoms with Gasteiger partial charge in [0.15, 0.2) is 4.80 Å². The number of benzene rings is 2. The lowest BCUT2D eigenvalue weighted by atomic mass is 9.95. The second-order valence-electron chi connectivity index (χ2n) is 7.93. The van der Waals surface area contributed by atoms with Crippen LogP contribution in [0.4, 0.5) is 5.69 Å². The Balaban J connectivity index is 1.95. The molecule has 1 aliphatic heterocycles. The minimum absolute atomic E-state index is 0.222. The van der Waals surface area contributed by atoms with E-state index in [2.05, 4.69) is 4.99 Å². The summed E-state index contributed by atoms with van der Waals surface area (Å²) in [6.07, 6.45) is 1.70. The van der Waals surface area contributed by atoms with E-state index in [1.807, 2.05) is 43.3 Å². The monoisotopic (exact) mass is 515 g/mol. The van der Waals surface area contributed by atoms with Crippen LogP contribution in [0.1, 0.15) is 31.0 Å². The molecule has 6 nitrogen and oxygen atoms in total. The first-order valence-electron chi connectivity index (χ1n) is 10.6. The quantitative estimate of drug-likeness (QED) is 0.478. The fourth-order valence-electron chi connectivity index (χ4n) is 3.83. The van der Waals surface area contributed by atoms with Crippen LogP contribution in [0, 0.1) is 0 Å². The van der Waals surface area contributed by atoms with Gasteiger partial charge in [-0.05, 0) is 49.2 Å². The summed E-state index contributed by atoms with van der Waals surface area (Å²) in [5.74, 6) is -0.488. The van der Waals surface area contributed by atoms with Crippen molar-refractivity contribution in [2.24, 2.45) is 4.99 Å². The van der Waals surface area contributed by atoms with E-state index in [0.29, 0.717) is 36.2 Å². The second kappa shape index (κ2) is 9.78. The van der Waals surface area contributed by atoms with Gasteiger partial charge < -0.3 is 9.64 Å². The van der Waals surface area contributed by atoms with Crippen molar-refractivity contribution in [2.75, 3.05) is 25.6 Å². The van der Waals surface area contributed by atoms with Crippen molar-refractivity contribution >= 4 is 52.3 Å². The number of hydrogen-bond acceptors (Lipinski definition) is 6. The van der Waals surface area contributed by atoms with Crippen molar-refractivity contribution in [3.05, 3.63) is 94.6 Å². The summed E-state index contributed by atoms with van der Waals surface area (Å²) in [7, 11) is 3.90. The van der Waals surface area contributed by atoms with E-state index >= 15 is 0 Å². The third-order valence-electron chi connectivity index (χ3n) is 5.51. The van der Waals surface area contributed by atoms with Gasteiger partial charge in [0.1, 0.15) is 0 Å². The van der Waals surface area contributed by atoms with Gasteiger partial charge >= 0.3 is 5.97 Å². The molecule has 1 atom stereocenters. The summed E-state index contributed by atoms with van der Waals surface area (Å²) in [5.41, 5.74) is 3.03. The number of hydrogen-bond donors (Lipinski definition) is 0. The average molecular weight is 516 g/mol. The standard InChI is InChI=1S/C25H23Cl2N3O3S/c1-5-33-24(32)20-14(2)28-25-30(22(20)15-9-11-17(12-10-15)29(3)4)23(31)19(34-25)13-16-7-6-8-18(26)21(16)27/h6-13,22H,5H2,1-4H3. The zero-order chi connectivity index (χ0) is 24.6. The predicted octanol–water partition coefficient (Wildman–Crippen LogP) is 4.17. The summed E-state index contributed by atoms with van der Waals surface area (Å²) in [6, 6.07) is 12.3. The third-order valence-corrected chi connectivity index (χ3v) is 7.33. The molecule has 0 saturated heterocycles. The average Bonchev–Trinajstić information content (AvgIpc) is 3.10. The van der Waals surface area contributed by atoms with Crippen LogP contribution in [0.2, 0.25) is 10.0 Å². The molecule has 4 rings (SSSR count). The van der Waals surface area contributed by atoms with Gasteiger partial charge in [-0.15, -0.1) is 0 Å². The van der Waals surface area contributed by atoms with Gasteiger partial charge in [-0.3, -0.25) is 9.36 Å². The van der Waals surface area contributed by atoms with Gasteiger partial charge in [0.25, 0.3) is 5.56 Å².